The van der Waals surface area contributed by atoms with Crippen LogP contribution in [0.3, 0.4) is 0 Å². The number of carbonyl (C=O) groups excluding carboxylic acids is 1. The van der Waals surface area contributed by atoms with E-state index >= 15 is 0 Å². The first-order valence-electron chi connectivity index (χ1n) is 6.58. The predicted octanol–water partition coefficient (Wildman–Crippen LogP) is 2.45. The highest BCUT2D eigenvalue weighted by Gasteiger charge is 2.24. The van der Waals surface area contributed by atoms with E-state index in [0.717, 1.165) is 17.3 Å². The monoisotopic (exact) mass is 260 g/mol. The fourth-order valence-corrected chi connectivity index (χ4v) is 2.12. The number of amides is 1. The van der Waals surface area contributed by atoms with Crippen LogP contribution in [0.4, 0.5) is 0 Å². The Kier molecular flexibility index (Phi) is 3.90. The second kappa shape index (κ2) is 5.45. The number of aromatic nitrogens is 1. The molecule has 0 bridgehead atoms. The van der Waals surface area contributed by atoms with Gasteiger partial charge in [0, 0.05) is 34.8 Å². The first-order chi connectivity index (χ1) is 9.08. The molecule has 0 fully saturated rings. The van der Waals surface area contributed by atoms with Gasteiger partial charge in [-0.05, 0) is 44.0 Å². The van der Waals surface area contributed by atoms with Crippen LogP contribution in [0.2, 0.25) is 0 Å². The number of benzene rings is 1. The highest BCUT2D eigenvalue weighted by molar-refractivity contribution is 5.98. The second-order valence-corrected chi connectivity index (χ2v) is 5.12. The smallest absolute Gasteiger partial charge is 0.251 e. The van der Waals surface area contributed by atoms with Crippen LogP contribution in [0.1, 0.15) is 37.0 Å². The lowest BCUT2D eigenvalue weighted by Crippen LogP contribution is -2.46. The fourth-order valence-electron chi connectivity index (χ4n) is 2.12. The molecule has 0 aliphatic heterocycles. The summed E-state index contributed by atoms with van der Waals surface area (Å²) in [6.07, 6.45) is 3.20. The van der Waals surface area contributed by atoms with E-state index in [4.69, 9.17) is 5.11 Å². The third-order valence-corrected chi connectivity index (χ3v) is 3.67. The third-order valence-electron chi connectivity index (χ3n) is 3.67. The Morgan fingerprint density at radius 3 is 2.89 bits per heavy atom. The zero-order valence-corrected chi connectivity index (χ0v) is 11.4. The molecule has 1 unspecified atom stereocenters. The summed E-state index contributed by atoms with van der Waals surface area (Å²) >= 11 is 0. The molecular weight excluding hydrogens is 240 g/mol. The first-order valence-corrected chi connectivity index (χ1v) is 6.58. The number of fused-ring (bicyclic) bond motifs is 1. The minimum atomic E-state index is -0.362. The van der Waals surface area contributed by atoms with Gasteiger partial charge in [0.05, 0.1) is 0 Å². The summed E-state index contributed by atoms with van der Waals surface area (Å²) in [6, 6.07) is 7.53. The van der Waals surface area contributed by atoms with Gasteiger partial charge in [0.1, 0.15) is 0 Å². The number of H-pyrrole nitrogens is 1. The molecule has 1 aromatic heterocycles. The van der Waals surface area contributed by atoms with Crippen LogP contribution >= 0.6 is 0 Å². The maximum absolute atomic E-state index is 12.3. The average molecular weight is 260 g/mol. The van der Waals surface area contributed by atoms with Crippen molar-refractivity contribution in [1.82, 2.24) is 10.3 Å². The molecule has 0 saturated carbocycles. The summed E-state index contributed by atoms with van der Waals surface area (Å²) < 4.78 is 0. The molecule has 3 N–H and O–H groups in total. The molecule has 1 atom stereocenters. The number of aliphatic hydroxyl groups excluding tert-OH is 1. The maximum Gasteiger partial charge on any atom is 0.251 e. The minimum Gasteiger partial charge on any atom is -0.396 e. The van der Waals surface area contributed by atoms with Gasteiger partial charge in [-0.2, -0.15) is 0 Å². The highest BCUT2D eigenvalue weighted by atomic mass is 16.3. The molecule has 1 aromatic carbocycles. The summed E-state index contributed by atoms with van der Waals surface area (Å²) in [6.45, 7) is 4.03. The molecule has 0 spiro atoms. The van der Waals surface area contributed by atoms with Crippen molar-refractivity contribution < 1.29 is 9.90 Å². The van der Waals surface area contributed by atoms with Crippen molar-refractivity contribution in [2.24, 2.45) is 0 Å². The lowest BCUT2D eigenvalue weighted by molar-refractivity contribution is 0.0886. The Hall–Kier alpha value is -1.81. The van der Waals surface area contributed by atoms with Gasteiger partial charge in [0.25, 0.3) is 5.91 Å². The van der Waals surface area contributed by atoms with E-state index < -0.39 is 0 Å². The number of aliphatic hydroxyl groups is 1. The van der Waals surface area contributed by atoms with E-state index in [1.807, 2.05) is 44.3 Å². The molecule has 1 heterocycles. The molecule has 1 amide bonds. The van der Waals surface area contributed by atoms with Gasteiger partial charge in [0.2, 0.25) is 0 Å². The number of carbonyl (C=O) groups is 1. The van der Waals surface area contributed by atoms with Crippen LogP contribution in [0.5, 0.6) is 0 Å². The summed E-state index contributed by atoms with van der Waals surface area (Å²) in [5.74, 6) is -0.0964. The summed E-state index contributed by atoms with van der Waals surface area (Å²) in [5.41, 5.74) is 1.30. The Bertz CT molecular complexity index is 576. The van der Waals surface area contributed by atoms with Crippen molar-refractivity contribution >= 4 is 16.8 Å². The molecule has 4 nitrogen and oxygen atoms in total. The topological polar surface area (TPSA) is 65.1 Å². The van der Waals surface area contributed by atoms with E-state index in [1.165, 1.54) is 0 Å². The summed E-state index contributed by atoms with van der Waals surface area (Å²) in [4.78, 5) is 15.4. The molecular formula is C15H20N2O2. The van der Waals surface area contributed by atoms with Gasteiger partial charge in [-0.3, -0.25) is 4.79 Å². The van der Waals surface area contributed by atoms with E-state index in [1.54, 1.807) is 0 Å². The third kappa shape index (κ3) is 2.96. The first kappa shape index (κ1) is 13.6. The Morgan fingerprint density at radius 1 is 1.42 bits per heavy atom. The molecule has 19 heavy (non-hydrogen) atoms. The van der Waals surface area contributed by atoms with Gasteiger partial charge in [-0.15, -0.1) is 0 Å². The molecule has 2 aromatic rings. The Balaban J connectivity index is 2.18. The maximum atomic E-state index is 12.3. The van der Waals surface area contributed by atoms with E-state index in [2.05, 4.69) is 10.3 Å². The quantitative estimate of drug-likeness (QED) is 0.773. The number of hydrogen-bond donors (Lipinski definition) is 3. The van der Waals surface area contributed by atoms with E-state index in [9.17, 15) is 4.79 Å². The largest absolute Gasteiger partial charge is 0.396 e. The number of nitrogens with one attached hydrogen (secondary N) is 2. The van der Waals surface area contributed by atoms with Crippen LogP contribution in [0, 0.1) is 0 Å². The number of hydrogen-bond acceptors (Lipinski definition) is 2. The van der Waals surface area contributed by atoms with Gasteiger partial charge in [-0.25, -0.2) is 0 Å². The van der Waals surface area contributed by atoms with E-state index in [0.29, 0.717) is 12.0 Å². The van der Waals surface area contributed by atoms with Crippen LogP contribution in [0.25, 0.3) is 10.9 Å². The van der Waals surface area contributed by atoms with Crippen molar-refractivity contribution in [1.29, 1.82) is 0 Å². The molecule has 2 rings (SSSR count). The SMILES string of the molecule is CCC(C)(CCO)NC(=O)c1ccc2[nH]ccc2c1. The Labute approximate surface area is 112 Å². The van der Waals surface area contributed by atoms with Crippen molar-refractivity contribution in [2.45, 2.75) is 32.2 Å². The predicted molar refractivity (Wildman–Crippen MR) is 76.2 cm³/mol. The lowest BCUT2D eigenvalue weighted by atomic mass is 9.94. The van der Waals surface area contributed by atoms with Crippen LogP contribution in [-0.2, 0) is 0 Å². The van der Waals surface area contributed by atoms with Gasteiger partial charge in [0.15, 0.2) is 0 Å². The molecule has 4 heteroatoms. The molecule has 0 saturated heterocycles. The molecule has 0 aliphatic carbocycles. The summed E-state index contributed by atoms with van der Waals surface area (Å²) in [5, 5.41) is 13.1. The zero-order valence-electron chi connectivity index (χ0n) is 11.4. The van der Waals surface area contributed by atoms with Gasteiger partial charge in [-0.1, -0.05) is 6.92 Å². The molecule has 0 aliphatic rings. The summed E-state index contributed by atoms with van der Waals surface area (Å²) in [7, 11) is 0. The van der Waals surface area contributed by atoms with Crippen molar-refractivity contribution in [3.63, 3.8) is 0 Å². The van der Waals surface area contributed by atoms with Crippen LogP contribution in [0.15, 0.2) is 30.5 Å². The lowest BCUT2D eigenvalue weighted by Gasteiger charge is -2.29. The van der Waals surface area contributed by atoms with Crippen molar-refractivity contribution in [3.05, 3.63) is 36.0 Å². The number of rotatable bonds is 5. The second-order valence-electron chi connectivity index (χ2n) is 5.12. The van der Waals surface area contributed by atoms with Crippen LogP contribution in [-0.4, -0.2) is 28.1 Å². The zero-order chi connectivity index (χ0) is 13.9. The Morgan fingerprint density at radius 2 is 2.21 bits per heavy atom. The molecule has 0 radical (unpaired) electrons. The van der Waals surface area contributed by atoms with Crippen molar-refractivity contribution in [3.8, 4) is 0 Å². The fraction of sp³-hybridized carbons (Fsp3) is 0.400. The average Bonchev–Trinajstić information content (AvgIpc) is 2.86. The normalized spacial score (nSPS) is 14.3. The molecule has 102 valence electrons. The van der Waals surface area contributed by atoms with Gasteiger partial charge >= 0.3 is 0 Å². The van der Waals surface area contributed by atoms with Crippen molar-refractivity contribution in [2.75, 3.05) is 6.61 Å². The standard InChI is InChI=1S/C15H20N2O2/c1-3-15(2,7-9-18)17-14(19)12-4-5-13-11(10-12)6-8-16-13/h4-6,8,10,16,18H,3,7,9H2,1-2H3,(H,17,19). The highest BCUT2D eigenvalue weighted by Crippen LogP contribution is 2.17. The number of aromatic amines is 1. The van der Waals surface area contributed by atoms with Crippen LogP contribution < -0.4 is 5.32 Å². The van der Waals surface area contributed by atoms with Gasteiger partial charge < -0.3 is 15.4 Å². The van der Waals surface area contributed by atoms with E-state index in [-0.39, 0.29) is 18.1 Å². The minimum absolute atomic E-state index is 0.0709.